The van der Waals surface area contributed by atoms with Crippen LogP contribution in [-0.2, 0) is 0 Å². The van der Waals surface area contributed by atoms with E-state index in [9.17, 15) is 0 Å². The number of hydrogen-bond acceptors (Lipinski definition) is 5. The van der Waals surface area contributed by atoms with E-state index in [0.29, 0.717) is 0 Å². The fourth-order valence-electron chi connectivity index (χ4n) is 11.4. The van der Waals surface area contributed by atoms with Gasteiger partial charge in [0.05, 0.1) is 5.69 Å². The Balaban J connectivity index is 1.01. The lowest BCUT2D eigenvalue weighted by atomic mass is 10.0. The number of hydrogen-bond donors (Lipinski definition) is 0. The SMILES string of the molecule is c1ccc(N(c2ccc3sc4ccccc4c3c2)c2cccc3c2-c2ccc(N(c4ccc5c(c4)sc4ccccc45)c4ccc5sc6ccccc6c5c4)cc2S3(c2ccccc2)c2ccccc2)cc1. The summed E-state index contributed by atoms with van der Waals surface area (Å²) in [5, 5.41) is 7.75. The molecule has 6 heteroatoms. The van der Waals surface area contributed by atoms with Crippen molar-refractivity contribution < 1.29 is 0 Å². The molecule has 0 radical (unpaired) electrons. The van der Waals surface area contributed by atoms with Gasteiger partial charge in [-0.15, -0.1) is 44.0 Å². The van der Waals surface area contributed by atoms with Crippen LogP contribution >= 0.6 is 44.0 Å². The topological polar surface area (TPSA) is 6.48 Å². The number of thiophene rings is 3. The van der Waals surface area contributed by atoms with E-state index >= 15 is 0 Å². The lowest BCUT2D eigenvalue weighted by molar-refractivity contribution is 1.25. The molecular formula is C66H42N2S4. The molecule has 0 saturated carbocycles. The van der Waals surface area contributed by atoms with Crippen LogP contribution < -0.4 is 9.80 Å². The van der Waals surface area contributed by atoms with Crippen molar-refractivity contribution in [2.45, 2.75) is 19.6 Å². The maximum atomic E-state index is 2.55. The maximum Gasteiger partial charge on any atom is 0.0551 e. The van der Waals surface area contributed by atoms with Gasteiger partial charge in [-0.3, -0.25) is 0 Å². The molecule has 0 saturated heterocycles. The predicted octanol–water partition coefficient (Wildman–Crippen LogP) is 21.1. The minimum Gasteiger partial charge on any atom is -0.310 e. The van der Waals surface area contributed by atoms with Crippen molar-refractivity contribution in [3.63, 3.8) is 0 Å². The third kappa shape index (κ3) is 6.33. The number of nitrogens with zero attached hydrogens (tertiary/aromatic N) is 2. The summed E-state index contributed by atoms with van der Waals surface area (Å²) in [6.07, 6.45) is 0. The Labute approximate surface area is 430 Å². The Morgan fingerprint density at radius 1 is 0.264 bits per heavy atom. The van der Waals surface area contributed by atoms with Crippen molar-refractivity contribution in [1.29, 1.82) is 0 Å². The molecule has 15 rings (SSSR count). The van der Waals surface area contributed by atoms with Crippen LogP contribution in [0.25, 0.3) is 71.6 Å². The van der Waals surface area contributed by atoms with Crippen LogP contribution in [0.1, 0.15) is 0 Å². The first-order valence-corrected chi connectivity index (χ1v) is 28.4. The van der Waals surface area contributed by atoms with E-state index in [1.165, 1.54) is 91.2 Å². The monoisotopic (exact) mass is 990 g/mol. The molecule has 11 aromatic carbocycles. The van der Waals surface area contributed by atoms with Gasteiger partial charge in [-0.1, -0.05) is 127 Å². The minimum absolute atomic E-state index is 1.12. The molecule has 0 spiro atoms. The fourth-order valence-corrected chi connectivity index (χ4v) is 18.9. The Bertz CT molecular complexity index is 4380. The molecule has 1 aliphatic rings. The molecule has 2 nitrogen and oxygen atoms in total. The van der Waals surface area contributed by atoms with Crippen LogP contribution in [0.2, 0.25) is 0 Å². The first-order valence-electron chi connectivity index (χ1n) is 24.3. The Morgan fingerprint density at radius 3 is 1.32 bits per heavy atom. The van der Waals surface area contributed by atoms with Gasteiger partial charge in [0.2, 0.25) is 0 Å². The molecule has 14 aromatic rings. The summed E-state index contributed by atoms with van der Waals surface area (Å²) < 4.78 is 7.79. The van der Waals surface area contributed by atoms with Gasteiger partial charge in [-0.05, 0) is 133 Å². The highest BCUT2D eigenvalue weighted by Crippen LogP contribution is 2.81. The van der Waals surface area contributed by atoms with E-state index < -0.39 is 10.0 Å². The first-order chi connectivity index (χ1) is 35.7. The van der Waals surface area contributed by atoms with E-state index in [-0.39, 0.29) is 0 Å². The van der Waals surface area contributed by atoms with Crippen molar-refractivity contribution in [2.24, 2.45) is 0 Å². The van der Waals surface area contributed by atoms with Crippen molar-refractivity contribution in [1.82, 2.24) is 0 Å². The van der Waals surface area contributed by atoms with Crippen LogP contribution in [0.3, 0.4) is 0 Å². The van der Waals surface area contributed by atoms with Gasteiger partial charge in [0, 0.05) is 114 Å². The van der Waals surface area contributed by atoms with E-state index in [2.05, 4.69) is 265 Å². The second kappa shape index (κ2) is 16.6. The van der Waals surface area contributed by atoms with Gasteiger partial charge < -0.3 is 9.80 Å². The average Bonchev–Trinajstić information content (AvgIpc) is 4.20. The Kier molecular flexibility index (Phi) is 9.61. The molecule has 4 heterocycles. The molecule has 0 fully saturated rings. The minimum atomic E-state index is -2.09. The summed E-state index contributed by atoms with van der Waals surface area (Å²) in [5.74, 6) is 0. The fraction of sp³-hybridized carbons (Fsp3) is 0. The second-order valence-corrected chi connectivity index (χ2v) is 24.7. The number of rotatable bonds is 8. The number of anilines is 6. The molecule has 340 valence electrons. The van der Waals surface area contributed by atoms with Crippen molar-refractivity contribution >= 4 is 139 Å². The zero-order chi connectivity index (χ0) is 47.3. The number of para-hydroxylation sites is 1. The zero-order valence-corrected chi connectivity index (χ0v) is 42.0. The Hall–Kier alpha value is -7.97. The molecule has 0 amide bonds. The van der Waals surface area contributed by atoms with Crippen LogP contribution in [0.4, 0.5) is 34.1 Å². The smallest absolute Gasteiger partial charge is 0.0551 e. The molecule has 0 bridgehead atoms. The van der Waals surface area contributed by atoms with Gasteiger partial charge in [0.1, 0.15) is 0 Å². The summed E-state index contributed by atoms with van der Waals surface area (Å²) in [7, 11) is -2.09. The van der Waals surface area contributed by atoms with Crippen LogP contribution in [0, 0.1) is 0 Å². The molecule has 0 atom stereocenters. The van der Waals surface area contributed by atoms with E-state index in [4.69, 9.17) is 0 Å². The summed E-state index contributed by atoms with van der Waals surface area (Å²) >= 11 is 5.60. The van der Waals surface area contributed by atoms with E-state index in [1.54, 1.807) is 0 Å². The lowest BCUT2D eigenvalue weighted by Gasteiger charge is -2.40. The summed E-state index contributed by atoms with van der Waals surface area (Å²) in [4.78, 5) is 10.3. The van der Waals surface area contributed by atoms with Gasteiger partial charge in [0.25, 0.3) is 0 Å². The molecule has 0 N–H and O–H groups in total. The summed E-state index contributed by atoms with van der Waals surface area (Å²) in [6.45, 7) is 0. The largest absolute Gasteiger partial charge is 0.310 e. The number of fused-ring (bicyclic) bond motifs is 12. The van der Waals surface area contributed by atoms with Crippen LogP contribution in [0.15, 0.2) is 274 Å². The van der Waals surface area contributed by atoms with Crippen molar-refractivity contribution in [3.8, 4) is 11.1 Å². The van der Waals surface area contributed by atoms with Crippen LogP contribution in [-0.4, -0.2) is 0 Å². The van der Waals surface area contributed by atoms with E-state index in [1.807, 2.05) is 34.0 Å². The molecule has 0 unspecified atom stereocenters. The first kappa shape index (κ1) is 41.8. The lowest BCUT2D eigenvalue weighted by Crippen LogP contribution is -2.11. The summed E-state index contributed by atoms with van der Waals surface area (Å²) in [6, 6.07) is 95.7. The molecule has 72 heavy (non-hydrogen) atoms. The van der Waals surface area contributed by atoms with Gasteiger partial charge >= 0.3 is 0 Å². The normalized spacial score (nSPS) is 13.3. The highest BCUT2D eigenvalue weighted by atomic mass is 32.3. The molecular weight excluding hydrogens is 949 g/mol. The second-order valence-electron chi connectivity index (χ2n) is 18.4. The third-order valence-electron chi connectivity index (χ3n) is 14.5. The number of benzene rings is 11. The predicted molar refractivity (Wildman–Crippen MR) is 313 cm³/mol. The van der Waals surface area contributed by atoms with Crippen molar-refractivity contribution in [2.75, 3.05) is 9.80 Å². The van der Waals surface area contributed by atoms with Gasteiger partial charge in [0.15, 0.2) is 0 Å². The van der Waals surface area contributed by atoms with Crippen LogP contribution in [0.5, 0.6) is 0 Å². The molecule has 3 aromatic heterocycles. The third-order valence-corrected chi connectivity index (χ3v) is 21.9. The highest BCUT2D eigenvalue weighted by molar-refractivity contribution is 8.34. The average molecular weight is 991 g/mol. The summed E-state index contributed by atoms with van der Waals surface area (Å²) in [5.41, 5.74) is 9.34. The zero-order valence-electron chi connectivity index (χ0n) is 38.8. The van der Waals surface area contributed by atoms with Gasteiger partial charge in [-0.2, -0.15) is 0 Å². The van der Waals surface area contributed by atoms with Crippen molar-refractivity contribution in [3.05, 3.63) is 255 Å². The highest BCUT2D eigenvalue weighted by Gasteiger charge is 2.44. The Morgan fingerprint density at radius 2 is 0.708 bits per heavy atom. The quantitative estimate of drug-likeness (QED) is 0.150. The van der Waals surface area contributed by atoms with E-state index in [0.717, 1.165) is 34.1 Å². The molecule has 1 aliphatic heterocycles. The maximum absolute atomic E-state index is 2.55. The molecule has 0 aliphatic carbocycles. The van der Waals surface area contributed by atoms with Gasteiger partial charge in [-0.25, -0.2) is 0 Å². The standard InChI is InChI=1S/C66H42N2S4/c1-4-17-43(18-5-1)68(45-34-38-62-56(40-45)52-25-12-15-29-60(52)70-62)57-26-16-30-64-66(57)54-36-32-47(42-65(54)72(64,48-19-6-2-7-20-48)49-21-8-3-9-22-49)67(44-33-37-61-55(39-44)51-24-11-14-28-59(51)69-61)46-31-35-53-50-23-10-13-27-58(50)71-63(53)41-46/h1-42H.